The molecule has 1 N–H and O–H groups in total. The van der Waals surface area contributed by atoms with Gasteiger partial charge in [0.05, 0.1) is 7.11 Å². The van der Waals surface area contributed by atoms with Crippen molar-refractivity contribution >= 4 is 49.5 Å². The molecule has 0 aromatic heterocycles. The maximum absolute atomic E-state index is 12.0. The molecule has 2 rings (SSSR count). The zero-order valence-corrected chi connectivity index (χ0v) is 15.4. The molecule has 0 aliphatic rings. The third kappa shape index (κ3) is 4.45. The molecule has 0 saturated carbocycles. The number of anilines is 1. The lowest BCUT2D eigenvalue weighted by molar-refractivity contribution is -0.111. The average molecular weight is 425 g/mol. The number of ether oxygens (including phenoxy) is 1. The molecule has 0 fully saturated rings. The lowest BCUT2D eigenvalue weighted by Crippen LogP contribution is -2.08. The minimum Gasteiger partial charge on any atom is -0.496 e. The summed E-state index contributed by atoms with van der Waals surface area (Å²) in [6.07, 6.45) is 3.22. The van der Waals surface area contributed by atoms with Gasteiger partial charge in [0, 0.05) is 26.3 Å². The Morgan fingerprint density at radius 3 is 2.50 bits per heavy atom. The van der Waals surface area contributed by atoms with Crippen LogP contribution in [0, 0.1) is 6.92 Å². The van der Waals surface area contributed by atoms with E-state index in [9.17, 15) is 4.79 Å². The van der Waals surface area contributed by atoms with Crippen LogP contribution < -0.4 is 10.1 Å². The summed E-state index contributed by atoms with van der Waals surface area (Å²) in [5.74, 6) is 0.527. The second-order valence-electron chi connectivity index (χ2n) is 4.67. The van der Waals surface area contributed by atoms with Gasteiger partial charge in [-0.2, -0.15) is 0 Å². The predicted molar refractivity (Wildman–Crippen MR) is 97.2 cm³/mol. The molecule has 5 heteroatoms. The van der Waals surface area contributed by atoms with Gasteiger partial charge in [-0.1, -0.05) is 31.9 Å². The smallest absolute Gasteiger partial charge is 0.248 e. The third-order valence-corrected chi connectivity index (χ3v) is 4.04. The molecule has 2 aromatic carbocycles. The normalized spacial score (nSPS) is 10.7. The Hall–Kier alpha value is -1.59. The van der Waals surface area contributed by atoms with E-state index in [1.54, 1.807) is 13.2 Å². The van der Waals surface area contributed by atoms with Crippen LogP contribution in [0.4, 0.5) is 5.69 Å². The molecule has 0 aliphatic carbocycles. The van der Waals surface area contributed by atoms with E-state index < -0.39 is 0 Å². The number of carbonyl (C=O) groups is 1. The van der Waals surface area contributed by atoms with Gasteiger partial charge in [-0.05, 0) is 55.0 Å². The van der Waals surface area contributed by atoms with Crippen molar-refractivity contribution in [2.24, 2.45) is 0 Å². The number of benzene rings is 2. The highest BCUT2D eigenvalue weighted by Gasteiger charge is 2.04. The first-order valence-corrected chi connectivity index (χ1v) is 8.17. The van der Waals surface area contributed by atoms with Gasteiger partial charge < -0.3 is 10.1 Å². The summed E-state index contributed by atoms with van der Waals surface area (Å²) in [6, 6.07) is 11.3. The lowest BCUT2D eigenvalue weighted by atomic mass is 10.1. The highest BCUT2D eigenvalue weighted by atomic mass is 79.9. The second-order valence-corrected chi connectivity index (χ2v) is 6.50. The predicted octanol–water partition coefficient (Wildman–Crippen LogP) is 5.18. The highest BCUT2D eigenvalue weighted by molar-refractivity contribution is 9.10. The number of aryl methyl sites for hydroxylation is 1. The Morgan fingerprint density at radius 2 is 1.82 bits per heavy atom. The summed E-state index contributed by atoms with van der Waals surface area (Å²) in [4.78, 5) is 12.0. The topological polar surface area (TPSA) is 38.3 Å². The van der Waals surface area contributed by atoms with Gasteiger partial charge in [0.25, 0.3) is 0 Å². The van der Waals surface area contributed by atoms with Crippen molar-refractivity contribution in [2.75, 3.05) is 12.4 Å². The number of nitrogens with one attached hydrogen (secondary N) is 1. The zero-order chi connectivity index (χ0) is 16.1. The summed E-state index contributed by atoms with van der Waals surface area (Å²) < 4.78 is 7.19. The van der Waals surface area contributed by atoms with Crippen molar-refractivity contribution in [1.82, 2.24) is 0 Å². The Labute approximate surface area is 146 Å². The van der Waals surface area contributed by atoms with E-state index in [1.165, 1.54) is 6.08 Å². The van der Waals surface area contributed by atoms with Gasteiger partial charge in [0.2, 0.25) is 5.91 Å². The van der Waals surface area contributed by atoms with Crippen molar-refractivity contribution < 1.29 is 9.53 Å². The van der Waals surface area contributed by atoms with Crippen molar-refractivity contribution in [3.05, 3.63) is 62.5 Å². The summed E-state index contributed by atoms with van der Waals surface area (Å²) in [5, 5.41) is 2.86. The van der Waals surface area contributed by atoms with Gasteiger partial charge in [0.1, 0.15) is 5.75 Å². The number of amides is 1. The van der Waals surface area contributed by atoms with Crippen LogP contribution in [-0.4, -0.2) is 13.0 Å². The molecule has 0 unspecified atom stereocenters. The van der Waals surface area contributed by atoms with E-state index in [1.807, 2.05) is 43.3 Å². The molecule has 3 nitrogen and oxygen atoms in total. The van der Waals surface area contributed by atoms with E-state index in [2.05, 4.69) is 37.2 Å². The number of rotatable bonds is 4. The minimum absolute atomic E-state index is 0.188. The molecular formula is C17H15Br2NO2. The fourth-order valence-corrected chi connectivity index (χ4v) is 2.80. The van der Waals surface area contributed by atoms with E-state index >= 15 is 0 Å². The molecule has 0 atom stereocenters. The number of hydrogen-bond donors (Lipinski definition) is 1. The van der Waals surface area contributed by atoms with Crippen LogP contribution in [0.5, 0.6) is 5.75 Å². The summed E-state index contributed by atoms with van der Waals surface area (Å²) in [6.45, 7) is 1.95. The molecule has 0 heterocycles. The van der Waals surface area contributed by atoms with Crippen LogP contribution in [-0.2, 0) is 4.79 Å². The van der Waals surface area contributed by atoms with Crippen molar-refractivity contribution in [3.8, 4) is 5.75 Å². The Morgan fingerprint density at radius 1 is 1.14 bits per heavy atom. The SMILES string of the molecule is COc1ccc(Br)cc1/C=C/C(=O)Nc1ccc(Br)cc1C. The van der Waals surface area contributed by atoms with Gasteiger partial charge >= 0.3 is 0 Å². The van der Waals surface area contributed by atoms with E-state index in [0.29, 0.717) is 5.75 Å². The maximum atomic E-state index is 12.0. The van der Waals surface area contributed by atoms with Gasteiger partial charge in [-0.3, -0.25) is 4.79 Å². The first kappa shape index (κ1) is 16.8. The number of carbonyl (C=O) groups excluding carboxylic acids is 1. The van der Waals surface area contributed by atoms with E-state index in [0.717, 1.165) is 25.8 Å². The molecule has 1 amide bonds. The minimum atomic E-state index is -0.188. The fraction of sp³-hybridized carbons (Fsp3) is 0.118. The van der Waals surface area contributed by atoms with Crippen LogP contribution in [0.1, 0.15) is 11.1 Å². The third-order valence-electron chi connectivity index (χ3n) is 3.05. The van der Waals surface area contributed by atoms with Crippen LogP contribution in [0.15, 0.2) is 51.4 Å². The van der Waals surface area contributed by atoms with Crippen molar-refractivity contribution in [2.45, 2.75) is 6.92 Å². The van der Waals surface area contributed by atoms with Crippen LogP contribution >= 0.6 is 31.9 Å². The van der Waals surface area contributed by atoms with Crippen LogP contribution in [0.25, 0.3) is 6.08 Å². The van der Waals surface area contributed by atoms with Gasteiger partial charge in [0.15, 0.2) is 0 Å². The van der Waals surface area contributed by atoms with Crippen molar-refractivity contribution in [1.29, 1.82) is 0 Å². The Bertz CT molecular complexity index is 727. The van der Waals surface area contributed by atoms with E-state index in [4.69, 9.17) is 4.74 Å². The molecule has 0 saturated heterocycles. The number of methoxy groups -OCH3 is 1. The van der Waals surface area contributed by atoms with Gasteiger partial charge in [-0.25, -0.2) is 0 Å². The largest absolute Gasteiger partial charge is 0.496 e. The fourth-order valence-electron chi connectivity index (χ4n) is 1.94. The van der Waals surface area contributed by atoms with E-state index in [-0.39, 0.29) is 5.91 Å². The molecular weight excluding hydrogens is 410 g/mol. The molecule has 22 heavy (non-hydrogen) atoms. The lowest BCUT2D eigenvalue weighted by Gasteiger charge is -2.07. The highest BCUT2D eigenvalue weighted by Crippen LogP contribution is 2.24. The Balaban J connectivity index is 2.13. The monoisotopic (exact) mass is 423 g/mol. The molecule has 0 bridgehead atoms. The van der Waals surface area contributed by atoms with Crippen LogP contribution in [0.3, 0.4) is 0 Å². The molecule has 0 radical (unpaired) electrons. The summed E-state index contributed by atoms with van der Waals surface area (Å²) in [5.41, 5.74) is 2.62. The maximum Gasteiger partial charge on any atom is 0.248 e. The second kappa shape index (κ2) is 7.61. The standard InChI is InChI=1S/C17H15Br2NO2/c1-11-9-13(18)4-6-15(11)20-17(21)8-3-12-10-14(19)5-7-16(12)22-2/h3-10H,1-2H3,(H,20,21)/b8-3+. The summed E-state index contributed by atoms with van der Waals surface area (Å²) >= 11 is 6.81. The average Bonchev–Trinajstić information content (AvgIpc) is 2.48. The number of hydrogen-bond acceptors (Lipinski definition) is 2. The first-order chi connectivity index (χ1) is 10.5. The molecule has 0 spiro atoms. The first-order valence-electron chi connectivity index (χ1n) is 6.58. The van der Waals surface area contributed by atoms with Gasteiger partial charge in [-0.15, -0.1) is 0 Å². The molecule has 114 valence electrons. The molecule has 2 aromatic rings. The molecule has 0 aliphatic heterocycles. The number of halogens is 2. The zero-order valence-electron chi connectivity index (χ0n) is 12.2. The van der Waals surface area contributed by atoms with Crippen molar-refractivity contribution in [3.63, 3.8) is 0 Å². The Kier molecular flexibility index (Phi) is 5.80. The van der Waals surface area contributed by atoms with Crippen LogP contribution in [0.2, 0.25) is 0 Å². The summed E-state index contributed by atoms with van der Waals surface area (Å²) in [7, 11) is 1.60. The quantitative estimate of drug-likeness (QED) is 0.686.